The number of hydrogen-bond acceptors (Lipinski definition) is 12. The molecule has 2 aliphatic heterocycles. The van der Waals surface area contributed by atoms with Crippen molar-refractivity contribution < 1.29 is 53.4 Å². The molecule has 2 rings (SSSR count). The van der Waals surface area contributed by atoms with Crippen molar-refractivity contribution in [1.29, 1.82) is 0 Å². The van der Waals surface area contributed by atoms with E-state index in [1.54, 1.807) is 34.1 Å². The lowest BCUT2D eigenvalue weighted by molar-refractivity contribution is 0.0879. The van der Waals surface area contributed by atoms with Crippen LogP contribution in [0.25, 0.3) is 0 Å². The molecule has 0 amide bonds. The van der Waals surface area contributed by atoms with Crippen LogP contribution in [0.3, 0.4) is 0 Å². The molecular weight excluding hydrogens is 557 g/mol. The van der Waals surface area contributed by atoms with E-state index in [1.807, 2.05) is 13.1 Å². The molecule has 0 aromatic rings. The fourth-order valence-corrected chi connectivity index (χ4v) is 18.1. The lowest BCUT2D eigenvalue weighted by Crippen LogP contribution is -2.63. The van der Waals surface area contributed by atoms with Crippen LogP contribution < -0.4 is 0 Å². The van der Waals surface area contributed by atoms with Crippen LogP contribution in [0.1, 0.15) is 12.8 Å². The number of epoxide rings is 2. The Hall–Kier alpha value is 0.128. The van der Waals surface area contributed by atoms with Gasteiger partial charge in [-0.3, -0.25) is 0 Å². The van der Waals surface area contributed by atoms with E-state index in [0.717, 1.165) is 13.2 Å². The highest BCUT2D eigenvalue weighted by molar-refractivity contribution is 6.87. The Balaban J connectivity index is 1.99. The van der Waals surface area contributed by atoms with Gasteiger partial charge >= 0.3 is 35.0 Å². The molecule has 3 unspecified atom stereocenters. The topological polar surface area (TPSA) is 117 Å². The van der Waals surface area contributed by atoms with Crippen LogP contribution in [0.4, 0.5) is 0 Å². The average Bonchev–Trinajstić information content (AvgIpc) is 3.82. The van der Waals surface area contributed by atoms with Crippen molar-refractivity contribution in [3.8, 4) is 0 Å². The van der Waals surface area contributed by atoms with Crippen molar-refractivity contribution in [2.75, 3.05) is 75.2 Å². The van der Waals surface area contributed by atoms with Crippen molar-refractivity contribution in [3.63, 3.8) is 0 Å². The smallest absolute Gasteiger partial charge is 0.394 e. The summed E-state index contributed by atoms with van der Waals surface area (Å²) >= 11 is 0. The first-order valence-electron chi connectivity index (χ1n) is 12.5. The molecule has 3 atom stereocenters. The van der Waals surface area contributed by atoms with Crippen molar-refractivity contribution >= 4 is 35.0 Å². The lowest BCUT2D eigenvalue weighted by atomic mass is 10.5. The van der Waals surface area contributed by atoms with Crippen LogP contribution in [-0.4, -0.2) is 122 Å². The maximum absolute atomic E-state index is 6.52. The Morgan fingerprint density at radius 1 is 0.703 bits per heavy atom. The minimum Gasteiger partial charge on any atom is -0.394 e. The van der Waals surface area contributed by atoms with E-state index in [-0.39, 0.29) is 12.2 Å². The molecule has 0 N–H and O–H groups in total. The number of rotatable bonds is 24. The maximum Gasteiger partial charge on any atom is 0.512 e. The summed E-state index contributed by atoms with van der Waals surface area (Å²) < 4.78 is 70.2. The molecule has 0 saturated carbocycles. The minimum absolute atomic E-state index is 0.220. The highest BCUT2D eigenvalue weighted by atomic mass is 28.5. The van der Waals surface area contributed by atoms with Crippen LogP contribution in [0.5, 0.6) is 0 Å². The first-order chi connectivity index (χ1) is 17.6. The third kappa shape index (κ3) is 11.6. The molecule has 0 aromatic carbocycles. The molecule has 0 spiro atoms. The minimum atomic E-state index is -3.48. The van der Waals surface area contributed by atoms with Gasteiger partial charge in [0.25, 0.3) is 0 Å². The lowest BCUT2D eigenvalue weighted by Gasteiger charge is -2.41. The van der Waals surface area contributed by atoms with Gasteiger partial charge < -0.3 is 53.4 Å². The van der Waals surface area contributed by atoms with Gasteiger partial charge in [-0.1, -0.05) is 6.58 Å². The molecule has 0 aromatic heterocycles. The number of ether oxygens (including phenoxy) is 4. The zero-order chi connectivity index (χ0) is 27.4. The molecule has 37 heavy (non-hydrogen) atoms. The summed E-state index contributed by atoms with van der Waals surface area (Å²) in [5.74, 6) is 0. The standard InChI is InChI=1S/C21H46O12Si4/c1-9-35(22-2,33-37(25-5,26-6)15-11-13-28-17-21-19-30-21)31-34(7,8)32-36(23-3,24-4)14-10-12-27-16-20-18-29-20/h9,20-21H,1,10-19H2,2-8H3. The van der Waals surface area contributed by atoms with Crippen LogP contribution in [0, 0.1) is 0 Å². The zero-order valence-corrected chi connectivity index (χ0v) is 27.4. The van der Waals surface area contributed by atoms with Gasteiger partial charge in [0.05, 0.1) is 26.4 Å². The van der Waals surface area contributed by atoms with E-state index in [9.17, 15) is 0 Å². The summed E-state index contributed by atoms with van der Waals surface area (Å²) in [5, 5.41) is 0. The van der Waals surface area contributed by atoms with Crippen LogP contribution in [0.15, 0.2) is 12.3 Å². The second kappa shape index (κ2) is 15.8. The summed E-state index contributed by atoms with van der Waals surface area (Å²) in [4.78, 5) is 0. The summed E-state index contributed by atoms with van der Waals surface area (Å²) in [7, 11) is -4.81. The second-order valence-electron chi connectivity index (χ2n) is 9.17. The fourth-order valence-electron chi connectivity index (χ4n) is 3.61. The maximum atomic E-state index is 6.52. The first-order valence-corrected chi connectivity index (χ1v) is 21.0. The molecule has 2 aliphatic rings. The highest BCUT2D eigenvalue weighted by Gasteiger charge is 2.56. The molecule has 2 heterocycles. The molecule has 16 heteroatoms. The molecule has 0 aliphatic carbocycles. The summed E-state index contributed by atoms with van der Waals surface area (Å²) in [6.45, 7) is 11.6. The summed E-state index contributed by atoms with van der Waals surface area (Å²) in [5.41, 5.74) is 1.57. The van der Waals surface area contributed by atoms with Gasteiger partial charge in [0, 0.05) is 60.9 Å². The first kappa shape index (κ1) is 33.3. The van der Waals surface area contributed by atoms with Gasteiger partial charge in [0.1, 0.15) is 12.2 Å². The van der Waals surface area contributed by atoms with Gasteiger partial charge in [-0.25, -0.2) is 0 Å². The summed E-state index contributed by atoms with van der Waals surface area (Å²) in [6.07, 6.45) is 1.85. The quantitative estimate of drug-likeness (QED) is 0.0915. The van der Waals surface area contributed by atoms with Gasteiger partial charge in [-0.15, -0.1) is 0 Å². The SMILES string of the molecule is C=C[Si](OC)(O[Si](C)(C)O[Si](CCCOCC1CO1)(OC)OC)O[Si](CCCOCC1CO1)(OC)OC. The summed E-state index contributed by atoms with van der Waals surface area (Å²) in [6, 6.07) is 1.09. The fraction of sp³-hybridized carbons (Fsp3) is 0.905. The van der Waals surface area contributed by atoms with Crippen LogP contribution in [-0.2, 0) is 53.4 Å². The van der Waals surface area contributed by atoms with Gasteiger partial charge in [-0.2, -0.15) is 0 Å². The molecular formula is C21H46O12Si4. The Labute approximate surface area is 226 Å². The molecule has 2 fully saturated rings. The third-order valence-electron chi connectivity index (χ3n) is 5.82. The highest BCUT2D eigenvalue weighted by Crippen LogP contribution is 2.30. The van der Waals surface area contributed by atoms with Gasteiger partial charge in [-0.05, 0) is 31.6 Å². The van der Waals surface area contributed by atoms with E-state index >= 15 is 0 Å². The molecule has 2 saturated heterocycles. The Morgan fingerprint density at radius 3 is 1.49 bits per heavy atom. The van der Waals surface area contributed by atoms with Crippen molar-refractivity contribution in [3.05, 3.63) is 12.3 Å². The van der Waals surface area contributed by atoms with Crippen molar-refractivity contribution in [2.24, 2.45) is 0 Å². The zero-order valence-electron chi connectivity index (χ0n) is 23.4. The second-order valence-corrected chi connectivity index (χ2v) is 21.8. The van der Waals surface area contributed by atoms with Crippen LogP contribution >= 0.6 is 0 Å². The van der Waals surface area contributed by atoms with E-state index in [2.05, 4.69) is 6.58 Å². The van der Waals surface area contributed by atoms with E-state index in [4.69, 9.17) is 53.4 Å². The molecule has 0 bridgehead atoms. The molecule has 0 radical (unpaired) electrons. The predicted octanol–water partition coefficient (Wildman–Crippen LogP) is 2.12. The van der Waals surface area contributed by atoms with Crippen molar-refractivity contribution in [1.82, 2.24) is 0 Å². The Kier molecular flexibility index (Phi) is 14.2. The van der Waals surface area contributed by atoms with Crippen LogP contribution in [0.2, 0.25) is 25.2 Å². The largest absolute Gasteiger partial charge is 0.512 e. The average molecular weight is 603 g/mol. The predicted molar refractivity (Wildman–Crippen MR) is 143 cm³/mol. The van der Waals surface area contributed by atoms with E-state index in [0.29, 0.717) is 51.4 Å². The Morgan fingerprint density at radius 2 is 1.14 bits per heavy atom. The normalized spacial score (nSPS) is 21.6. The third-order valence-corrected chi connectivity index (χ3v) is 20.0. The molecule has 218 valence electrons. The number of hydrogen-bond donors (Lipinski definition) is 0. The van der Waals surface area contributed by atoms with Crippen molar-refractivity contribution in [2.45, 2.75) is 50.2 Å². The van der Waals surface area contributed by atoms with Gasteiger partial charge in [0.15, 0.2) is 0 Å². The van der Waals surface area contributed by atoms with E-state index in [1.165, 1.54) is 7.11 Å². The van der Waals surface area contributed by atoms with Gasteiger partial charge in [0.2, 0.25) is 0 Å². The van der Waals surface area contributed by atoms with E-state index < -0.39 is 35.0 Å². The Bertz CT molecular complexity index is 659. The molecule has 12 nitrogen and oxygen atoms in total. The monoisotopic (exact) mass is 602 g/mol.